The maximum atomic E-state index is 5.68. The molecule has 2 aromatic rings. The summed E-state index contributed by atoms with van der Waals surface area (Å²) in [5, 5.41) is 0. The lowest BCUT2D eigenvalue weighted by molar-refractivity contribution is 0.00491. The highest BCUT2D eigenvalue weighted by atomic mass is 31.0. The Morgan fingerprint density at radius 3 is 2.00 bits per heavy atom. The van der Waals surface area contributed by atoms with Crippen LogP contribution < -0.4 is 9.47 Å². The molecule has 2 rings (SSSR count). The first-order valence-corrected chi connectivity index (χ1v) is 6.61. The van der Waals surface area contributed by atoms with Crippen molar-refractivity contribution in [2.45, 2.75) is 12.7 Å². The minimum atomic E-state index is -0.337. The topological polar surface area (TPSA) is 27.7 Å². The third-order valence-corrected chi connectivity index (χ3v) is 2.83. The fourth-order valence-corrected chi connectivity index (χ4v) is 1.79. The van der Waals surface area contributed by atoms with Gasteiger partial charge in [0.2, 0.25) is 6.29 Å². The molecule has 0 heterocycles. The van der Waals surface area contributed by atoms with Gasteiger partial charge in [-0.2, -0.15) is 0 Å². The van der Waals surface area contributed by atoms with Crippen molar-refractivity contribution < 1.29 is 14.0 Å². The number of ether oxygens (including phenoxy) is 2. The first-order chi connectivity index (χ1) is 9.38. The van der Waals surface area contributed by atoms with Gasteiger partial charge in [-0.3, -0.25) is 0 Å². The van der Waals surface area contributed by atoms with Crippen LogP contribution in [0.1, 0.15) is 6.42 Å². The van der Waals surface area contributed by atoms with E-state index in [-0.39, 0.29) is 6.29 Å². The van der Waals surface area contributed by atoms with Crippen molar-refractivity contribution in [3.8, 4) is 11.5 Å². The van der Waals surface area contributed by atoms with E-state index in [4.69, 9.17) is 14.0 Å². The molecule has 4 heteroatoms. The van der Waals surface area contributed by atoms with Crippen molar-refractivity contribution in [3.05, 3.63) is 60.7 Å². The molecule has 0 N–H and O–H groups in total. The molecule has 2 atom stereocenters. The van der Waals surface area contributed by atoms with Gasteiger partial charge in [-0.1, -0.05) is 36.4 Å². The summed E-state index contributed by atoms with van der Waals surface area (Å²) in [7, 11) is 2.23. The third kappa shape index (κ3) is 4.90. The van der Waals surface area contributed by atoms with Crippen molar-refractivity contribution in [2.75, 3.05) is 6.61 Å². The maximum Gasteiger partial charge on any atom is 0.205 e. The van der Waals surface area contributed by atoms with E-state index >= 15 is 0 Å². The van der Waals surface area contributed by atoms with E-state index in [0.717, 1.165) is 11.5 Å². The molecular formula is C15H17O3P. The predicted molar refractivity (Wildman–Crippen MR) is 78.2 cm³/mol. The number of para-hydroxylation sites is 2. The second-order valence-corrected chi connectivity index (χ2v) is 4.22. The molecule has 3 nitrogen and oxygen atoms in total. The Balaban J connectivity index is 1.77. The van der Waals surface area contributed by atoms with Crippen molar-refractivity contribution in [1.29, 1.82) is 0 Å². The Morgan fingerprint density at radius 2 is 1.42 bits per heavy atom. The van der Waals surface area contributed by atoms with Gasteiger partial charge in [0.15, 0.2) is 0 Å². The normalized spacial score (nSPS) is 11.8. The molecule has 0 aliphatic rings. The molecule has 0 saturated carbocycles. The first kappa shape index (κ1) is 13.9. The Morgan fingerprint density at radius 1 is 0.842 bits per heavy atom. The zero-order valence-corrected chi connectivity index (χ0v) is 11.7. The van der Waals surface area contributed by atoms with Crippen molar-refractivity contribution in [2.24, 2.45) is 0 Å². The first-order valence-electron chi connectivity index (χ1n) is 6.13. The molecular weight excluding hydrogens is 259 g/mol. The van der Waals surface area contributed by atoms with Gasteiger partial charge in [0.05, 0.1) is 6.61 Å². The fraction of sp³-hybridized carbons (Fsp3) is 0.200. The molecule has 0 radical (unpaired) electrons. The van der Waals surface area contributed by atoms with E-state index in [1.165, 1.54) is 0 Å². The molecule has 0 spiro atoms. The van der Waals surface area contributed by atoms with Crippen LogP contribution in [0.15, 0.2) is 60.7 Å². The average molecular weight is 276 g/mol. The van der Waals surface area contributed by atoms with E-state index in [2.05, 4.69) is 9.47 Å². The van der Waals surface area contributed by atoms with Gasteiger partial charge < -0.3 is 14.0 Å². The lowest BCUT2D eigenvalue weighted by atomic mass is 10.3. The lowest BCUT2D eigenvalue weighted by Gasteiger charge is -2.17. The van der Waals surface area contributed by atoms with Gasteiger partial charge in [-0.05, 0) is 24.3 Å². The van der Waals surface area contributed by atoms with E-state index in [9.17, 15) is 0 Å². The molecule has 0 amide bonds. The Bertz CT molecular complexity index is 461. The van der Waals surface area contributed by atoms with E-state index in [1.54, 1.807) is 0 Å². The van der Waals surface area contributed by atoms with Gasteiger partial charge in [-0.25, -0.2) is 0 Å². The zero-order valence-electron chi connectivity index (χ0n) is 10.6. The third-order valence-electron chi connectivity index (χ3n) is 2.53. The van der Waals surface area contributed by atoms with Crippen LogP contribution >= 0.6 is 9.47 Å². The monoisotopic (exact) mass is 276 g/mol. The predicted octanol–water partition coefficient (Wildman–Crippen LogP) is 3.67. The van der Waals surface area contributed by atoms with E-state index in [1.807, 2.05) is 60.7 Å². The Hall–Kier alpha value is -1.57. The van der Waals surface area contributed by atoms with Crippen LogP contribution in [0, 0.1) is 0 Å². The highest BCUT2D eigenvalue weighted by molar-refractivity contribution is 7.09. The van der Waals surface area contributed by atoms with Gasteiger partial charge in [0, 0.05) is 15.9 Å². The summed E-state index contributed by atoms with van der Waals surface area (Å²) in [6.07, 6.45) is 0.309. The van der Waals surface area contributed by atoms with E-state index < -0.39 is 0 Å². The Labute approximate surface area is 115 Å². The van der Waals surface area contributed by atoms with Crippen LogP contribution in [0.25, 0.3) is 0 Å². The highest BCUT2D eigenvalue weighted by Crippen LogP contribution is 2.16. The molecule has 2 aromatic carbocycles. The fourth-order valence-electron chi connectivity index (χ4n) is 1.60. The molecule has 0 aliphatic carbocycles. The molecule has 0 aromatic heterocycles. The van der Waals surface area contributed by atoms with Crippen LogP contribution in [-0.2, 0) is 4.52 Å². The molecule has 19 heavy (non-hydrogen) atoms. The van der Waals surface area contributed by atoms with Gasteiger partial charge in [0.1, 0.15) is 11.5 Å². The summed E-state index contributed by atoms with van der Waals surface area (Å²) in [6.45, 7) is 0.538. The maximum absolute atomic E-state index is 5.68. The summed E-state index contributed by atoms with van der Waals surface area (Å²) in [4.78, 5) is 0. The van der Waals surface area contributed by atoms with E-state index in [0.29, 0.717) is 13.0 Å². The molecule has 100 valence electrons. The summed E-state index contributed by atoms with van der Waals surface area (Å²) < 4.78 is 16.5. The summed E-state index contributed by atoms with van der Waals surface area (Å²) in [5.74, 6) is 1.64. The molecule has 0 bridgehead atoms. The SMILES string of the molecule is POC(CCOc1ccccc1)Oc1ccccc1. The summed E-state index contributed by atoms with van der Waals surface area (Å²) in [6, 6.07) is 19.3. The van der Waals surface area contributed by atoms with Crippen molar-refractivity contribution in [1.82, 2.24) is 0 Å². The summed E-state index contributed by atoms with van der Waals surface area (Å²) in [5.41, 5.74) is 0. The molecule has 0 saturated heterocycles. The van der Waals surface area contributed by atoms with Gasteiger partial charge in [-0.15, -0.1) is 0 Å². The smallest absolute Gasteiger partial charge is 0.205 e. The van der Waals surface area contributed by atoms with Crippen LogP contribution in [0.4, 0.5) is 0 Å². The minimum Gasteiger partial charge on any atom is -0.493 e. The molecule has 0 fully saturated rings. The van der Waals surface area contributed by atoms with Crippen molar-refractivity contribution >= 4 is 9.47 Å². The highest BCUT2D eigenvalue weighted by Gasteiger charge is 2.09. The minimum absolute atomic E-state index is 0.337. The Kier molecular flexibility index (Phi) is 5.67. The number of benzene rings is 2. The second-order valence-electron chi connectivity index (χ2n) is 3.95. The van der Waals surface area contributed by atoms with Crippen LogP contribution in [0.5, 0.6) is 11.5 Å². The van der Waals surface area contributed by atoms with Crippen LogP contribution in [0.2, 0.25) is 0 Å². The zero-order chi connectivity index (χ0) is 13.3. The lowest BCUT2D eigenvalue weighted by Crippen LogP contribution is -2.19. The average Bonchev–Trinajstić information content (AvgIpc) is 2.48. The van der Waals surface area contributed by atoms with Gasteiger partial charge >= 0.3 is 0 Å². The quantitative estimate of drug-likeness (QED) is 0.570. The van der Waals surface area contributed by atoms with Crippen LogP contribution in [-0.4, -0.2) is 12.9 Å². The van der Waals surface area contributed by atoms with Gasteiger partial charge in [0.25, 0.3) is 0 Å². The molecule has 0 aliphatic heterocycles. The van der Waals surface area contributed by atoms with Crippen LogP contribution in [0.3, 0.4) is 0 Å². The second kappa shape index (κ2) is 7.78. The molecule has 2 unspecified atom stereocenters. The van der Waals surface area contributed by atoms with Crippen molar-refractivity contribution in [3.63, 3.8) is 0 Å². The number of hydrogen-bond acceptors (Lipinski definition) is 3. The number of hydrogen-bond donors (Lipinski definition) is 0. The summed E-state index contributed by atoms with van der Waals surface area (Å²) >= 11 is 0. The number of rotatable bonds is 7. The standard InChI is InChI=1S/C15H17O3P/c19-18-15(17-14-9-5-2-6-10-14)11-12-16-13-7-3-1-4-8-13/h1-10,15H,11-12,19H2. The largest absolute Gasteiger partial charge is 0.493 e.